The Hall–Kier alpha value is -0.530. The van der Waals surface area contributed by atoms with Gasteiger partial charge >= 0.3 is 5.97 Å². The third-order valence-electron chi connectivity index (χ3n) is 5.85. The van der Waals surface area contributed by atoms with Crippen LogP contribution >= 0.6 is 0 Å². The van der Waals surface area contributed by atoms with Crippen molar-refractivity contribution in [1.82, 2.24) is 0 Å². The number of carboxylic acid groups (broad SMARTS) is 1. The minimum Gasteiger partial charge on any atom is -0.481 e. The first-order valence-corrected chi connectivity index (χ1v) is 6.91. The molecule has 5 unspecified atom stereocenters. The van der Waals surface area contributed by atoms with E-state index in [0.717, 1.165) is 43.4 Å². The molecular weight excluding hydrogens is 200 g/mol. The van der Waals surface area contributed by atoms with Crippen LogP contribution in [0.2, 0.25) is 0 Å². The predicted octanol–water partition coefficient (Wildman–Crippen LogP) is 3.31. The Morgan fingerprint density at radius 2 is 2.06 bits per heavy atom. The lowest BCUT2D eigenvalue weighted by molar-refractivity contribution is -0.158. The van der Waals surface area contributed by atoms with Crippen molar-refractivity contribution in [2.24, 2.45) is 29.1 Å². The minimum atomic E-state index is -0.489. The van der Waals surface area contributed by atoms with Gasteiger partial charge in [-0.3, -0.25) is 4.79 Å². The molecule has 0 saturated heterocycles. The molecule has 0 aromatic carbocycles. The Morgan fingerprint density at radius 3 is 2.75 bits per heavy atom. The zero-order valence-corrected chi connectivity index (χ0v) is 10.1. The molecule has 0 aromatic heterocycles. The molecule has 3 aliphatic carbocycles. The predicted molar refractivity (Wildman–Crippen MR) is 62.0 cm³/mol. The van der Waals surface area contributed by atoms with Crippen LogP contribution in [0.15, 0.2) is 0 Å². The SMILES string of the molecule is CCC1C2CC3CCCC1(C(=O)O)CC3C2. The largest absolute Gasteiger partial charge is 0.481 e. The van der Waals surface area contributed by atoms with Crippen LogP contribution in [0.5, 0.6) is 0 Å². The van der Waals surface area contributed by atoms with Gasteiger partial charge in [0.05, 0.1) is 5.41 Å². The van der Waals surface area contributed by atoms with Crippen LogP contribution in [0.3, 0.4) is 0 Å². The fourth-order valence-corrected chi connectivity index (χ4v) is 5.31. The molecule has 0 amide bonds. The highest BCUT2D eigenvalue weighted by atomic mass is 16.4. The lowest BCUT2D eigenvalue weighted by atomic mass is 9.59. The van der Waals surface area contributed by atoms with Gasteiger partial charge < -0.3 is 5.11 Å². The molecular formula is C14H22O2. The van der Waals surface area contributed by atoms with E-state index in [1.807, 2.05) is 0 Å². The van der Waals surface area contributed by atoms with Crippen molar-refractivity contribution in [2.75, 3.05) is 0 Å². The highest BCUT2D eigenvalue weighted by Gasteiger charge is 2.58. The lowest BCUT2D eigenvalue weighted by Crippen LogP contribution is -2.44. The summed E-state index contributed by atoms with van der Waals surface area (Å²) >= 11 is 0. The third-order valence-corrected chi connectivity index (χ3v) is 5.85. The minimum absolute atomic E-state index is 0.340. The smallest absolute Gasteiger partial charge is 0.309 e. The van der Waals surface area contributed by atoms with Gasteiger partial charge in [-0.15, -0.1) is 0 Å². The van der Waals surface area contributed by atoms with Crippen LogP contribution in [0, 0.1) is 29.1 Å². The number of carbonyl (C=O) groups is 1. The van der Waals surface area contributed by atoms with Crippen molar-refractivity contribution in [3.63, 3.8) is 0 Å². The van der Waals surface area contributed by atoms with Gasteiger partial charge in [0.1, 0.15) is 0 Å². The van der Waals surface area contributed by atoms with Gasteiger partial charge in [-0.1, -0.05) is 26.2 Å². The fraction of sp³-hybridized carbons (Fsp3) is 0.929. The molecule has 3 aliphatic rings. The summed E-state index contributed by atoms with van der Waals surface area (Å²) < 4.78 is 0. The average Bonchev–Trinajstić information content (AvgIpc) is 2.48. The second kappa shape index (κ2) is 3.48. The summed E-state index contributed by atoms with van der Waals surface area (Å²) in [7, 11) is 0. The Balaban J connectivity index is 2.02. The third kappa shape index (κ3) is 1.22. The molecule has 5 atom stereocenters. The monoisotopic (exact) mass is 222 g/mol. The number of rotatable bonds is 2. The Bertz CT molecular complexity index is 312. The van der Waals surface area contributed by atoms with E-state index in [2.05, 4.69) is 6.92 Å². The molecule has 3 rings (SSSR count). The molecule has 3 bridgehead atoms. The van der Waals surface area contributed by atoms with Crippen LogP contribution < -0.4 is 0 Å². The van der Waals surface area contributed by atoms with E-state index in [0.29, 0.717) is 5.92 Å². The molecule has 2 nitrogen and oxygen atoms in total. The van der Waals surface area contributed by atoms with Gasteiger partial charge in [0, 0.05) is 0 Å². The molecule has 0 radical (unpaired) electrons. The Kier molecular flexibility index (Phi) is 2.31. The topological polar surface area (TPSA) is 37.3 Å². The summed E-state index contributed by atoms with van der Waals surface area (Å²) in [5.74, 6) is 2.31. The standard InChI is InChI=1S/C14H22O2/c1-2-12-10-6-9-4-3-5-14(12,13(15)16)8-11(9)7-10/h9-12H,2-8H2,1H3,(H,15,16). The van der Waals surface area contributed by atoms with Crippen LogP contribution in [0.25, 0.3) is 0 Å². The lowest BCUT2D eigenvalue weighted by Gasteiger charge is -2.44. The molecule has 3 fully saturated rings. The van der Waals surface area contributed by atoms with E-state index in [-0.39, 0.29) is 5.41 Å². The number of hydrogen-bond donors (Lipinski definition) is 1. The molecule has 0 aromatic rings. The molecule has 90 valence electrons. The number of hydrogen-bond acceptors (Lipinski definition) is 1. The zero-order valence-electron chi connectivity index (χ0n) is 10.1. The van der Waals surface area contributed by atoms with E-state index in [9.17, 15) is 9.90 Å². The maximum absolute atomic E-state index is 11.8. The summed E-state index contributed by atoms with van der Waals surface area (Å²) in [5, 5.41) is 9.70. The van der Waals surface area contributed by atoms with Crippen molar-refractivity contribution < 1.29 is 9.90 Å². The van der Waals surface area contributed by atoms with Crippen molar-refractivity contribution in [3.05, 3.63) is 0 Å². The summed E-state index contributed by atoms with van der Waals surface area (Å²) in [6.45, 7) is 2.19. The quantitative estimate of drug-likeness (QED) is 0.778. The molecule has 0 aliphatic heterocycles. The first-order chi connectivity index (χ1) is 7.67. The maximum Gasteiger partial charge on any atom is 0.309 e. The van der Waals surface area contributed by atoms with Gasteiger partial charge in [0.25, 0.3) is 0 Å². The highest BCUT2D eigenvalue weighted by molar-refractivity contribution is 5.75. The van der Waals surface area contributed by atoms with E-state index in [4.69, 9.17) is 0 Å². The molecule has 0 spiro atoms. The number of carboxylic acids is 1. The van der Waals surface area contributed by atoms with Crippen molar-refractivity contribution in [1.29, 1.82) is 0 Å². The van der Waals surface area contributed by atoms with Crippen molar-refractivity contribution >= 4 is 5.97 Å². The molecule has 3 saturated carbocycles. The number of aliphatic carboxylic acids is 1. The van der Waals surface area contributed by atoms with Crippen molar-refractivity contribution in [2.45, 2.75) is 51.9 Å². The van der Waals surface area contributed by atoms with E-state index in [1.165, 1.54) is 19.3 Å². The summed E-state index contributed by atoms with van der Waals surface area (Å²) in [6, 6.07) is 0. The van der Waals surface area contributed by atoms with Crippen LogP contribution in [0.4, 0.5) is 0 Å². The van der Waals surface area contributed by atoms with Crippen LogP contribution in [-0.2, 0) is 4.79 Å². The van der Waals surface area contributed by atoms with Crippen LogP contribution in [-0.4, -0.2) is 11.1 Å². The van der Waals surface area contributed by atoms with Crippen LogP contribution in [0.1, 0.15) is 51.9 Å². The molecule has 1 N–H and O–H groups in total. The van der Waals surface area contributed by atoms with E-state index in [1.54, 1.807) is 0 Å². The van der Waals surface area contributed by atoms with E-state index < -0.39 is 5.97 Å². The van der Waals surface area contributed by atoms with Gasteiger partial charge in [-0.25, -0.2) is 0 Å². The Morgan fingerprint density at radius 1 is 1.31 bits per heavy atom. The van der Waals surface area contributed by atoms with E-state index >= 15 is 0 Å². The molecule has 0 heterocycles. The molecule has 2 heteroatoms. The highest BCUT2D eigenvalue weighted by Crippen LogP contribution is 2.62. The summed E-state index contributed by atoms with van der Waals surface area (Å²) in [5.41, 5.74) is -0.340. The summed E-state index contributed by atoms with van der Waals surface area (Å²) in [6.07, 6.45) is 8.11. The zero-order chi connectivity index (χ0) is 11.3. The summed E-state index contributed by atoms with van der Waals surface area (Å²) in [4.78, 5) is 11.8. The Labute approximate surface area is 97.4 Å². The first kappa shape index (κ1) is 10.6. The molecule has 16 heavy (non-hydrogen) atoms. The first-order valence-electron chi connectivity index (χ1n) is 6.91. The van der Waals surface area contributed by atoms with Gasteiger partial charge in [-0.05, 0) is 49.4 Å². The second-order valence-corrected chi connectivity index (χ2v) is 6.32. The van der Waals surface area contributed by atoms with Gasteiger partial charge in [0.15, 0.2) is 0 Å². The fourth-order valence-electron chi connectivity index (χ4n) is 5.31. The van der Waals surface area contributed by atoms with Gasteiger partial charge in [0.2, 0.25) is 0 Å². The average molecular weight is 222 g/mol. The number of fused-ring (bicyclic) bond motifs is 2. The van der Waals surface area contributed by atoms with Crippen molar-refractivity contribution in [3.8, 4) is 0 Å². The second-order valence-electron chi connectivity index (χ2n) is 6.32. The van der Waals surface area contributed by atoms with Gasteiger partial charge in [-0.2, -0.15) is 0 Å². The normalized spacial score (nSPS) is 50.3. The maximum atomic E-state index is 11.8.